The summed E-state index contributed by atoms with van der Waals surface area (Å²) in [6, 6.07) is 17.7. The number of aliphatic hydroxyl groups is 1. The first-order valence-electron chi connectivity index (χ1n) is 8.33. The molecule has 3 aromatic carbocycles. The SMILES string of the molecule is COc1ccc(OC)c(S(=O)(=O)NC[C@H](O)c2cccc3ccccc23)c1. The number of rotatable bonds is 7. The minimum absolute atomic E-state index is 0.0468. The lowest BCUT2D eigenvalue weighted by Crippen LogP contribution is -2.29. The van der Waals surface area contributed by atoms with Crippen molar-refractivity contribution in [3.63, 3.8) is 0 Å². The van der Waals surface area contributed by atoms with Crippen LogP contribution in [0.25, 0.3) is 10.8 Å². The van der Waals surface area contributed by atoms with Gasteiger partial charge in [0.1, 0.15) is 16.4 Å². The fraction of sp³-hybridized carbons (Fsp3) is 0.200. The number of nitrogens with one attached hydrogen (secondary N) is 1. The maximum atomic E-state index is 12.7. The third kappa shape index (κ3) is 4.05. The Morgan fingerprint density at radius 2 is 1.74 bits per heavy atom. The van der Waals surface area contributed by atoms with Crippen molar-refractivity contribution in [2.75, 3.05) is 20.8 Å². The normalized spacial score (nSPS) is 12.7. The molecule has 0 fully saturated rings. The lowest BCUT2D eigenvalue weighted by molar-refractivity contribution is 0.183. The Kier molecular flexibility index (Phi) is 5.65. The zero-order chi connectivity index (χ0) is 19.4. The van der Waals surface area contributed by atoms with E-state index in [1.165, 1.54) is 26.4 Å². The van der Waals surface area contributed by atoms with Gasteiger partial charge in [-0.3, -0.25) is 0 Å². The molecule has 2 N–H and O–H groups in total. The largest absolute Gasteiger partial charge is 0.497 e. The Morgan fingerprint density at radius 3 is 2.48 bits per heavy atom. The van der Waals surface area contributed by atoms with Gasteiger partial charge in [-0.1, -0.05) is 42.5 Å². The summed E-state index contributed by atoms with van der Waals surface area (Å²) in [5, 5.41) is 12.4. The van der Waals surface area contributed by atoms with Crippen molar-refractivity contribution in [3.05, 3.63) is 66.2 Å². The van der Waals surface area contributed by atoms with Gasteiger partial charge in [-0.05, 0) is 28.5 Å². The van der Waals surface area contributed by atoms with E-state index >= 15 is 0 Å². The highest BCUT2D eigenvalue weighted by molar-refractivity contribution is 7.89. The van der Waals surface area contributed by atoms with Crippen LogP contribution in [0, 0.1) is 0 Å². The topological polar surface area (TPSA) is 84.9 Å². The quantitative estimate of drug-likeness (QED) is 0.651. The zero-order valence-electron chi connectivity index (χ0n) is 15.0. The molecule has 0 radical (unpaired) electrons. The van der Waals surface area contributed by atoms with Gasteiger partial charge in [0.15, 0.2) is 0 Å². The number of hydrogen-bond acceptors (Lipinski definition) is 5. The van der Waals surface area contributed by atoms with Gasteiger partial charge in [-0.2, -0.15) is 0 Å². The molecule has 0 saturated heterocycles. The second-order valence-corrected chi connectivity index (χ2v) is 7.69. The van der Waals surface area contributed by atoms with E-state index in [1.807, 2.05) is 36.4 Å². The molecule has 1 atom stereocenters. The van der Waals surface area contributed by atoms with Crippen LogP contribution >= 0.6 is 0 Å². The standard InChI is InChI=1S/C20H21NO5S/c1-25-15-10-11-19(26-2)20(12-15)27(23,24)21-13-18(22)17-9-5-7-14-6-3-4-8-16(14)17/h3-12,18,21-22H,13H2,1-2H3/t18-/m0/s1. The fourth-order valence-electron chi connectivity index (χ4n) is 2.91. The molecule has 7 heteroatoms. The molecular weight excluding hydrogens is 366 g/mol. The van der Waals surface area contributed by atoms with Gasteiger partial charge < -0.3 is 14.6 Å². The maximum absolute atomic E-state index is 12.7. The average molecular weight is 387 g/mol. The minimum atomic E-state index is -3.91. The van der Waals surface area contributed by atoms with Crippen molar-refractivity contribution in [3.8, 4) is 11.5 Å². The van der Waals surface area contributed by atoms with Crippen molar-refractivity contribution in [2.45, 2.75) is 11.0 Å². The number of ether oxygens (including phenoxy) is 2. The Balaban J connectivity index is 1.85. The van der Waals surface area contributed by atoms with E-state index in [0.717, 1.165) is 10.8 Å². The molecule has 0 aliphatic rings. The minimum Gasteiger partial charge on any atom is -0.497 e. The van der Waals surface area contributed by atoms with Crippen LogP contribution in [-0.4, -0.2) is 34.3 Å². The summed E-state index contributed by atoms with van der Waals surface area (Å²) in [5.74, 6) is 0.591. The molecule has 142 valence electrons. The van der Waals surface area contributed by atoms with Crippen LogP contribution < -0.4 is 14.2 Å². The fourth-order valence-corrected chi connectivity index (χ4v) is 4.13. The third-order valence-electron chi connectivity index (χ3n) is 4.31. The smallest absolute Gasteiger partial charge is 0.244 e. The highest BCUT2D eigenvalue weighted by Crippen LogP contribution is 2.29. The van der Waals surface area contributed by atoms with E-state index in [1.54, 1.807) is 12.1 Å². The first kappa shape index (κ1) is 19.2. The second kappa shape index (κ2) is 7.96. The van der Waals surface area contributed by atoms with Crippen LogP contribution in [0.3, 0.4) is 0 Å². The van der Waals surface area contributed by atoms with Crippen molar-refractivity contribution < 1.29 is 23.0 Å². The third-order valence-corrected chi connectivity index (χ3v) is 5.75. The van der Waals surface area contributed by atoms with Crippen molar-refractivity contribution in [1.29, 1.82) is 0 Å². The molecule has 3 rings (SSSR count). The molecule has 3 aromatic rings. The highest BCUT2D eigenvalue weighted by atomic mass is 32.2. The van der Waals surface area contributed by atoms with Gasteiger partial charge in [0, 0.05) is 12.6 Å². The zero-order valence-corrected chi connectivity index (χ0v) is 15.9. The summed E-state index contributed by atoms with van der Waals surface area (Å²) in [4.78, 5) is -0.0468. The molecule has 6 nitrogen and oxygen atoms in total. The Labute approximate surface area is 158 Å². The van der Waals surface area contributed by atoms with Crippen LogP contribution in [0.15, 0.2) is 65.6 Å². The van der Waals surface area contributed by atoms with Gasteiger partial charge >= 0.3 is 0 Å². The van der Waals surface area contributed by atoms with E-state index in [4.69, 9.17) is 9.47 Å². The van der Waals surface area contributed by atoms with Gasteiger partial charge in [0.2, 0.25) is 10.0 Å². The number of sulfonamides is 1. The number of fused-ring (bicyclic) bond motifs is 1. The monoisotopic (exact) mass is 387 g/mol. The molecule has 0 unspecified atom stereocenters. The first-order chi connectivity index (χ1) is 13.0. The van der Waals surface area contributed by atoms with Crippen LogP contribution in [0.1, 0.15) is 11.7 Å². The Hall–Kier alpha value is -2.61. The van der Waals surface area contributed by atoms with E-state index in [9.17, 15) is 13.5 Å². The van der Waals surface area contributed by atoms with Crippen molar-refractivity contribution in [1.82, 2.24) is 4.72 Å². The number of aliphatic hydroxyl groups excluding tert-OH is 1. The average Bonchev–Trinajstić information content (AvgIpc) is 2.71. The molecule has 0 spiro atoms. The summed E-state index contributed by atoms with van der Waals surface area (Å²) < 4.78 is 38.1. The molecule has 27 heavy (non-hydrogen) atoms. The molecule has 0 amide bonds. The summed E-state index contributed by atoms with van der Waals surface area (Å²) >= 11 is 0. The van der Waals surface area contributed by atoms with Crippen LogP contribution in [0.2, 0.25) is 0 Å². The Bertz CT molecular complexity index is 1040. The predicted molar refractivity (Wildman–Crippen MR) is 104 cm³/mol. The van der Waals surface area contributed by atoms with Crippen molar-refractivity contribution >= 4 is 20.8 Å². The van der Waals surface area contributed by atoms with Crippen molar-refractivity contribution in [2.24, 2.45) is 0 Å². The molecule has 0 aromatic heterocycles. The Morgan fingerprint density at radius 1 is 1.00 bits per heavy atom. The van der Waals surface area contributed by atoms with E-state index in [0.29, 0.717) is 11.3 Å². The van der Waals surface area contributed by atoms with E-state index in [2.05, 4.69) is 4.72 Å². The number of benzene rings is 3. The molecular formula is C20H21NO5S. The van der Waals surface area contributed by atoms with Crippen LogP contribution in [0.5, 0.6) is 11.5 Å². The summed E-state index contributed by atoms with van der Waals surface area (Å²) in [6.07, 6.45) is -0.998. The van der Waals surface area contributed by atoms with Crippen LogP contribution in [0.4, 0.5) is 0 Å². The lowest BCUT2D eigenvalue weighted by Gasteiger charge is -2.16. The van der Waals surface area contributed by atoms with Gasteiger partial charge in [-0.25, -0.2) is 13.1 Å². The van der Waals surface area contributed by atoms with Gasteiger partial charge in [0.05, 0.1) is 20.3 Å². The first-order valence-corrected chi connectivity index (χ1v) is 9.82. The lowest BCUT2D eigenvalue weighted by atomic mass is 10.0. The second-order valence-electron chi connectivity index (χ2n) is 5.95. The summed E-state index contributed by atoms with van der Waals surface area (Å²) in [6.45, 7) is -0.170. The van der Waals surface area contributed by atoms with Crippen LogP contribution in [-0.2, 0) is 10.0 Å². The predicted octanol–water partition coefficient (Wildman–Crippen LogP) is 2.87. The molecule has 0 aliphatic carbocycles. The summed E-state index contributed by atoms with van der Waals surface area (Å²) in [7, 11) is -1.06. The molecule has 0 saturated carbocycles. The van der Waals surface area contributed by atoms with E-state index in [-0.39, 0.29) is 17.2 Å². The number of methoxy groups -OCH3 is 2. The van der Waals surface area contributed by atoms with E-state index < -0.39 is 16.1 Å². The molecule has 0 heterocycles. The molecule has 0 aliphatic heterocycles. The van der Waals surface area contributed by atoms with Gasteiger partial charge in [-0.15, -0.1) is 0 Å². The van der Waals surface area contributed by atoms with Gasteiger partial charge in [0.25, 0.3) is 0 Å². The highest BCUT2D eigenvalue weighted by Gasteiger charge is 2.22. The maximum Gasteiger partial charge on any atom is 0.244 e. The molecule has 0 bridgehead atoms. The summed E-state index contributed by atoms with van der Waals surface area (Å²) in [5.41, 5.74) is 0.661. The number of hydrogen-bond donors (Lipinski definition) is 2.